The van der Waals surface area contributed by atoms with Crippen molar-refractivity contribution >= 4 is 17.3 Å². The molecule has 16 heavy (non-hydrogen) atoms. The number of carbonyl (C=O) groups excluding carboxylic acids is 1. The molecule has 4 heteroatoms. The predicted molar refractivity (Wildman–Crippen MR) is 63.6 cm³/mol. The minimum absolute atomic E-state index is 0.106. The monoisotopic (exact) mass is 220 g/mol. The maximum atomic E-state index is 11.3. The summed E-state index contributed by atoms with van der Waals surface area (Å²) < 4.78 is 4.93. The summed E-state index contributed by atoms with van der Waals surface area (Å²) in [5.74, 6) is -0.152. The lowest BCUT2D eigenvalue weighted by atomic mass is 10.1. The molecule has 1 heterocycles. The van der Waals surface area contributed by atoms with Gasteiger partial charge in [0.15, 0.2) is 0 Å². The van der Waals surface area contributed by atoms with Gasteiger partial charge in [-0.05, 0) is 19.1 Å². The Kier molecular flexibility index (Phi) is 3.29. The van der Waals surface area contributed by atoms with Gasteiger partial charge in [-0.15, -0.1) is 0 Å². The number of benzene rings is 1. The normalized spacial score (nSPS) is 17.9. The van der Waals surface area contributed by atoms with Gasteiger partial charge in [-0.25, -0.2) is 0 Å². The van der Waals surface area contributed by atoms with Crippen molar-refractivity contribution in [2.24, 2.45) is 0 Å². The van der Waals surface area contributed by atoms with Crippen molar-refractivity contribution in [3.8, 4) is 0 Å². The van der Waals surface area contributed by atoms with Gasteiger partial charge >= 0.3 is 5.97 Å². The van der Waals surface area contributed by atoms with E-state index in [1.165, 1.54) is 0 Å². The van der Waals surface area contributed by atoms with Crippen LogP contribution >= 0.6 is 0 Å². The molecule has 0 amide bonds. The van der Waals surface area contributed by atoms with Gasteiger partial charge in [0.05, 0.1) is 30.4 Å². The molecule has 0 saturated carbocycles. The van der Waals surface area contributed by atoms with E-state index in [0.29, 0.717) is 13.0 Å². The van der Waals surface area contributed by atoms with E-state index in [1.54, 1.807) is 0 Å². The van der Waals surface area contributed by atoms with Crippen molar-refractivity contribution in [1.82, 2.24) is 0 Å². The van der Waals surface area contributed by atoms with Crippen LogP contribution in [0.1, 0.15) is 13.3 Å². The zero-order valence-corrected chi connectivity index (χ0v) is 9.32. The molecule has 0 aromatic heterocycles. The predicted octanol–water partition coefficient (Wildman–Crippen LogP) is 1.85. The Labute approximate surface area is 95.0 Å². The molecule has 1 unspecified atom stereocenters. The van der Waals surface area contributed by atoms with E-state index in [-0.39, 0.29) is 12.0 Å². The maximum absolute atomic E-state index is 11.3. The average Bonchev–Trinajstić information content (AvgIpc) is 2.29. The zero-order valence-electron chi connectivity index (χ0n) is 9.32. The summed E-state index contributed by atoms with van der Waals surface area (Å²) in [7, 11) is 0. The van der Waals surface area contributed by atoms with E-state index in [0.717, 1.165) is 17.9 Å². The Morgan fingerprint density at radius 2 is 2.19 bits per heavy atom. The van der Waals surface area contributed by atoms with E-state index in [4.69, 9.17) is 4.74 Å². The van der Waals surface area contributed by atoms with Crippen molar-refractivity contribution in [3.05, 3.63) is 24.3 Å². The topological polar surface area (TPSA) is 50.4 Å². The van der Waals surface area contributed by atoms with Crippen molar-refractivity contribution in [2.45, 2.75) is 19.4 Å². The van der Waals surface area contributed by atoms with Crippen LogP contribution in [0, 0.1) is 0 Å². The number of nitrogens with one attached hydrogen (secondary N) is 2. The van der Waals surface area contributed by atoms with Gasteiger partial charge in [-0.1, -0.05) is 12.1 Å². The Hall–Kier alpha value is -1.71. The molecule has 4 nitrogen and oxygen atoms in total. The highest BCUT2D eigenvalue weighted by atomic mass is 16.5. The molecule has 86 valence electrons. The molecule has 0 fully saturated rings. The number of hydrogen-bond acceptors (Lipinski definition) is 4. The van der Waals surface area contributed by atoms with E-state index in [2.05, 4.69) is 10.6 Å². The molecule has 0 aliphatic carbocycles. The first kappa shape index (κ1) is 10.8. The van der Waals surface area contributed by atoms with Crippen molar-refractivity contribution in [2.75, 3.05) is 23.8 Å². The SMILES string of the molecule is CCOC(=O)CC1CNc2ccccc2N1. The number of hydrogen-bond donors (Lipinski definition) is 2. The fourth-order valence-corrected chi connectivity index (χ4v) is 1.81. The lowest BCUT2D eigenvalue weighted by Gasteiger charge is -2.27. The number of carbonyl (C=O) groups is 1. The van der Waals surface area contributed by atoms with Gasteiger partial charge in [0.25, 0.3) is 0 Å². The first-order chi connectivity index (χ1) is 7.79. The van der Waals surface area contributed by atoms with Crippen LogP contribution in [0.25, 0.3) is 0 Å². The fourth-order valence-electron chi connectivity index (χ4n) is 1.81. The second-order valence-electron chi connectivity index (χ2n) is 3.78. The van der Waals surface area contributed by atoms with Crippen molar-refractivity contribution in [1.29, 1.82) is 0 Å². The third kappa shape index (κ3) is 2.45. The van der Waals surface area contributed by atoms with E-state index < -0.39 is 0 Å². The Morgan fingerprint density at radius 3 is 2.94 bits per heavy atom. The first-order valence-electron chi connectivity index (χ1n) is 5.54. The number of para-hydroxylation sites is 2. The number of anilines is 2. The molecule has 0 spiro atoms. The number of ether oxygens (including phenoxy) is 1. The largest absolute Gasteiger partial charge is 0.466 e. The van der Waals surface area contributed by atoms with Gasteiger partial charge in [0, 0.05) is 6.54 Å². The Bertz CT molecular complexity index is 379. The van der Waals surface area contributed by atoms with Gasteiger partial charge in [-0.3, -0.25) is 4.79 Å². The van der Waals surface area contributed by atoms with Crippen LogP contribution in [0.5, 0.6) is 0 Å². The Morgan fingerprint density at radius 1 is 1.44 bits per heavy atom. The molecule has 2 N–H and O–H groups in total. The molecule has 0 radical (unpaired) electrons. The molecule has 1 atom stereocenters. The summed E-state index contributed by atoms with van der Waals surface area (Å²) in [5, 5.41) is 6.61. The molecule has 1 aromatic carbocycles. The summed E-state index contributed by atoms with van der Waals surface area (Å²) in [5.41, 5.74) is 2.13. The minimum Gasteiger partial charge on any atom is -0.466 e. The second-order valence-corrected chi connectivity index (χ2v) is 3.78. The summed E-state index contributed by atoms with van der Waals surface area (Å²) in [6, 6.07) is 8.08. The van der Waals surface area contributed by atoms with Crippen LogP contribution < -0.4 is 10.6 Å². The summed E-state index contributed by atoms with van der Waals surface area (Å²) in [4.78, 5) is 11.3. The molecular weight excluding hydrogens is 204 g/mol. The van der Waals surface area contributed by atoms with Crippen LogP contribution in [-0.2, 0) is 9.53 Å². The number of esters is 1. The average molecular weight is 220 g/mol. The zero-order chi connectivity index (χ0) is 11.4. The summed E-state index contributed by atoms with van der Waals surface area (Å²) >= 11 is 0. The van der Waals surface area contributed by atoms with E-state index in [1.807, 2.05) is 31.2 Å². The highest BCUT2D eigenvalue weighted by Gasteiger charge is 2.19. The fraction of sp³-hybridized carbons (Fsp3) is 0.417. The summed E-state index contributed by atoms with van der Waals surface area (Å²) in [6.07, 6.45) is 0.398. The van der Waals surface area contributed by atoms with Crippen LogP contribution in [0.15, 0.2) is 24.3 Å². The van der Waals surface area contributed by atoms with Gasteiger partial charge < -0.3 is 15.4 Å². The van der Waals surface area contributed by atoms with Crippen molar-refractivity contribution in [3.63, 3.8) is 0 Å². The number of fused-ring (bicyclic) bond motifs is 1. The van der Waals surface area contributed by atoms with Gasteiger partial charge in [-0.2, -0.15) is 0 Å². The molecule has 0 bridgehead atoms. The Balaban J connectivity index is 1.95. The second kappa shape index (κ2) is 4.88. The molecule has 1 aromatic rings. The number of rotatable bonds is 3. The standard InChI is InChI=1S/C12H16N2O2/c1-2-16-12(15)7-9-8-13-10-5-3-4-6-11(10)14-9/h3-6,9,13-14H,2,7-8H2,1H3. The highest BCUT2D eigenvalue weighted by Crippen LogP contribution is 2.25. The first-order valence-corrected chi connectivity index (χ1v) is 5.54. The van der Waals surface area contributed by atoms with Crippen molar-refractivity contribution < 1.29 is 9.53 Å². The molecular formula is C12H16N2O2. The third-order valence-corrected chi connectivity index (χ3v) is 2.54. The highest BCUT2D eigenvalue weighted by molar-refractivity contribution is 5.75. The van der Waals surface area contributed by atoms with Crippen LogP contribution in [0.3, 0.4) is 0 Å². The third-order valence-electron chi connectivity index (χ3n) is 2.54. The van der Waals surface area contributed by atoms with Gasteiger partial charge in [0.2, 0.25) is 0 Å². The van der Waals surface area contributed by atoms with E-state index >= 15 is 0 Å². The minimum atomic E-state index is -0.152. The lowest BCUT2D eigenvalue weighted by Crippen LogP contribution is -2.35. The van der Waals surface area contributed by atoms with E-state index in [9.17, 15) is 4.79 Å². The lowest BCUT2D eigenvalue weighted by molar-refractivity contribution is -0.143. The molecule has 1 aliphatic rings. The van der Waals surface area contributed by atoms with Crippen LogP contribution in [-0.4, -0.2) is 25.2 Å². The molecule has 1 aliphatic heterocycles. The van der Waals surface area contributed by atoms with Gasteiger partial charge in [0.1, 0.15) is 0 Å². The molecule has 0 saturated heterocycles. The maximum Gasteiger partial charge on any atom is 0.307 e. The van der Waals surface area contributed by atoms with Crippen LogP contribution in [0.2, 0.25) is 0 Å². The molecule has 2 rings (SSSR count). The quantitative estimate of drug-likeness (QED) is 0.763. The summed E-state index contributed by atoms with van der Waals surface area (Å²) in [6.45, 7) is 3.01. The van der Waals surface area contributed by atoms with Crippen LogP contribution in [0.4, 0.5) is 11.4 Å². The smallest absolute Gasteiger partial charge is 0.307 e.